The van der Waals surface area contributed by atoms with Gasteiger partial charge in [-0.15, -0.1) is 0 Å². The summed E-state index contributed by atoms with van der Waals surface area (Å²) in [4.78, 5) is 24.8. The summed E-state index contributed by atoms with van der Waals surface area (Å²) >= 11 is 0. The molecule has 2 N–H and O–H groups in total. The minimum atomic E-state index is -0.833. The number of hydrogen-bond donors (Lipinski definition) is 2. The van der Waals surface area contributed by atoms with Crippen LogP contribution >= 0.6 is 0 Å². The van der Waals surface area contributed by atoms with E-state index in [9.17, 15) is 9.59 Å². The van der Waals surface area contributed by atoms with Gasteiger partial charge in [0.25, 0.3) is 0 Å². The minimum absolute atomic E-state index is 0.100. The second kappa shape index (κ2) is 8.11. The monoisotopic (exact) mass is 318 g/mol. The number of aliphatic carboxylic acids is 1. The smallest absolute Gasteiger partial charge is 0.320 e. The van der Waals surface area contributed by atoms with Crippen LogP contribution in [-0.4, -0.2) is 47.6 Å². The number of rotatable bonds is 7. The number of likely N-dealkylation sites (tertiary alicyclic amines) is 1. The lowest BCUT2D eigenvalue weighted by Crippen LogP contribution is -2.43. The number of carbonyl (C=O) groups excluding carboxylic acids is 1. The topological polar surface area (TPSA) is 69.6 Å². The molecule has 5 nitrogen and oxygen atoms in total. The van der Waals surface area contributed by atoms with E-state index in [1.165, 1.54) is 11.1 Å². The van der Waals surface area contributed by atoms with E-state index in [-0.39, 0.29) is 12.5 Å². The quantitative estimate of drug-likeness (QED) is 0.807. The van der Waals surface area contributed by atoms with E-state index in [1.54, 1.807) is 4.90 Å². The third kappa shape index (κ3) is 5.06. The van der Waals surface area contributed by atoms with E-state index in [1.807, 2.05) is 0 Å². The van der Waals surface area contributed by atoms with E-state index < -0.39 is 12.0 Å². The van der Waals surface area contributed by atoms with Gasteiger partial charge in [0, 0.05) is 6.54 Å². The first kappa shape index (κ1) is 17.5. The normalized spacial score (nSPS) is 18.3. The summed E-state index contributed by atoms with van der Waals surface area (Å²) in [6.45, 7) is 5.76. The molecule has 1 atom stereocenters. The molecule has 1 aromatic rings. The first-order valence-corrected chi connectivity index (χ1v) is 8.29. The highest BCUT2D eigenvalue weighted by atomic mass is 16.4. The van der Waals surface area contributed by atoms with E-state index in [0.717, 1.165) is 12.8 Å². The third-order valence-corrected chi connectivity index (χ3v) is 4.38. The lowest BCUT2D eigenvalue weighted by Gasteiger charge is -2.20. The van der Waals surface area contributed by atoms with Crippen LogP contribution in [0.3, 0.4) is 0 Å². The van der Waals surface area contributed by atoms with Gasteiger partial charge >= 0.3 is 5.97 Å². The van der Waals surface area contributed by atoms with Crippen LogP contribution in [0.15, 0.2) is 24.3 Å². The van der Waals surface area contributed by atoms with Crippen LogP contribution in [0, 0.1) is 0 Å². The van der Waals surface area contributed by atoms with Gasteiger partial charge in [0.1, 0.15) is 6.04 Å². The summed E-state index contributed by atoms with van der Waals surface area (Å²) < 4.78 is 0. The standard InChI is InChI=1S/C18H26N2O3/c1-13(2)15-7-5-14(6-8-15)9-10-19-17(21)12-20-11-3-4-16(20)18(22)23/h5-8,13,16H,3-4,9-12H2,1-2H3,(H,19,21)(H,22,23). The minimum Gasteiger partial charge on any atom is -0.480 e. The zero-order valence-corrected chi connectivity index (χ0v) is 13.9. The molecule has 5 heteroatoms. The van der Waals surface area contributed by atoms with Crippen LogP contribution in [0.2, 0.25) is 0 Å². The van der Waals surface area contributed by atoms with Crippen molar-refractivity contribution in [3.63, 3.8) is 0 Å². The molecule has 1 saturated heterocycles. The van der Waals surface area contributed by atoms with Crippen molar-refractivity contribution in [1.82, 2.24) is 10.2 Å². The fourth-order valence-corrected chi connectivity index (χ4v) is 2.95. The third-order valence-electron chi connectivity index (χ3n) is 4.38. The summed E-state index contributed by atoms with van der Waals surface area (Å²) in [6, 6.07) is 7.95. The van der Waals surface area contributed by atoms with Gasteiger partial charge in [0.15, 0.2) is 0 Å². The van der Waals surface area contributed by atoms with E-state index in [0.29, 0.717) is 25.4 Å². The zero-order chi connectivity index (χ0) is 16.8. The maximum absolute atomic E-state index is 12.0. The molecule has 0 spiro atoms. The van der Waals surface area contributed by atoms with Crippen molar-refractivity contribution >= 4 is 11.9 Å². The Morgan fingerprint density at radius 1 is 1.30 bits per heavy atom. The number of nitrogens with zero attached hydrogens (tertiary/aromatic N) is 1. The van der Waals surface area contributed by atoms with Crippen molar-refractivity contribution in [2.75, 3.05) is 19.6 Å². The molecule has 1 aliphatic rings. The van der Waals surface area contributed by atoms with Crippen molar-refractivity contribution in [3.05, 3.63) is 35.4 Å². The van der Waals surface area contributed by atoms with E-state index in [4.69, 9.17) is 5.11 Å². The molecule has 2 rings (SSSR count). The van der Waals surface area contributed by atoms with Gasteiger partial charge in [-0.05, 0) is 42.9 Å². The van der Waals surface area contributed by atoms with E-state index in [2.05, 4.69) is 43.4 Å². The van der Waals surface area contributed by atoms with Crippen LogP contribution in [0.25, 0.3) is 0 Å². The van der Waals surface area contributed by atoms with Crippen LogP contribution in [0.4, 0.5) is 0 Å². The Kier molecular flexibility index (Phi) is 6.16. The molecule has 1 amide bonds. The molecule has 0 bridgehead atoms. The predicted octanol–water partition coefficient (Wildman–Crippen LogP) is 2.02. The first-order chi connectivity index (χ1) is 11.0. The second-order valence-corrected chi connectivity index (χ2v) is 6.46. The van der Waals surface area contributed by atoms with Crippen LogP contribution < -0.4 is 5.32 Å². The molecule has 0 radical (unpaired) electrons. The van der Waals surface area contributed by atoms with Gasteiger partial charge in [-0.3, -0.25) is 14.5 Å². The number of carboxylic acids is 1. The molecule has 0 aromatic heterocycles. The van der Waals surface area contributed by atoms with Crippen LogP contribution in [0.1, 0.15) is 43.7 Å². The van der Waals surface area contributed by atoms with Gasteiger partial charge in [-0.1, -0.05) is 38.1 Å². The summed E-state index contributed by atoms with van der Waals surface area (Å²) in [5.74, 6) is -0.413. The highest BCUT2D eigenvalue weighted by Crippen LogP contribution is 2.17. The van der Waals surface area contributed by atoms with Crippen molar-refractivity contribution in [3.8, 4) is 0 Å². The average Bonchev–Trinajstić information content (AvgIpc) is 2.96. The lowest BCUT2D eigenvalue weighted by atomic mass is 10.0. The fourth-order valence-electron chi connectivity index (χ4n) is 2.95. The van der Waals surface area contributed by atoms with Crippen LogP contribution in [-0.2, 0) is 16.0 Å². The Hall–Kier alpha value is -1.88. The molecular formula is C18H26N2O3. The molecule has 0 saturated carbocycles. The maximum atomic E-state index is 12.0. The Labute approximate surface area is 137 Å². The highest BCUT2D eigenvalue weighted by Gasteiger charge is 2.31. The summed E-state index contributed by atoms with van der Waals surface area (Å²) in [7, 11) is 0. The van der Waals surface area contributed by atoms with Crippen molar-refractivity contribution in [2.24, 2.45) is 0 Å². The zero-order valence-electron chi connectivity index (χ0n) is 13.9. The van der Waals surface area contributed by atoms with Gasteiger partial charge in [0.2, 0.25) is 5.91 Å². The van der Waals surface area contributed by atoms with Gasteiger partial charge < -0.3 is 10.4 Å². The number of hydrogen-bond acceptors (Lipinski definition) is 3. The average molecular weight is 318 g/mol. The van der Waals surface area contributed by atoms with Crippen molar-refractivity contribution in [2.45, 2.75) is 45.1 Å². The predicted molar refractivity (Wildman–Crippen MR) is 89.5 cm³/mol. The Bertz CT molecular complexity index is 540. The summed E-state index contributed by atoms with van der Waals surface area (Å²) in [5, 5.41) is 12.0. The SMILES string of the molecule is CC(C)c1ccc(CCNC(=O)CN2CCCC2C(=O)O)cc1. The number of carboxylic acid groups (broad SMARTS) is 1. The van der Waals surface area contributed by atoms with Gasteiger partial charge in [-0.25, -0.2) is 0 Å². The molecule has 1 fully saturated rings. The number of amides is 1. The maximum Gasteiger partial charge on any atom is 0.320 e. The molecule has 126 valence electrons. The number of nitrogens with one attached hydrogen (secondary N) is 1. The lowest BCUT2D eigenvalue weighted by molar-refractivity contribution is -0.142. The van der Waals surface area contributed by atoms with Gasteiger partial charge in [-0.2, -0.15) is 0 Å². The summed E-state index contributed by atoms with van der Waals surface area (Å²) in [6.07, 6.45) is 2.25. The molecular weight excluding hydrogens is 292 g/mol. The molecule has 1 aromatic carbocycles. The molecule has 0 aliphatic carbocycles. The second-order valence-electron chi connectivity index (χ2n) is 6.46. The van der Waals surface area contributed by atoms with Crippen molar-refractivity contribution in [1.29, 1.82) is 0 Å². The van der Waals surface area contributed by atoms with E-state index >= 15 is 0 Å². The Balaban J connectivity index is 1.73. The first-order valence-electron chi connectivity index (χ1n) is 8.29. The van der Waals surface area contributed by atoms with Crippen LogP contribution in [0.5, 0.6) is 0 Å². The Morgan fingerprint density at radius 2 is 2.00 bits per heavy atom. The fraction of sp³-hybridized carbons (Fsp3) is 0.556. The largest absolute Gasteiger partial charge is 0.480 e. The van der Waals surface area contributed by atoms with Gasteiger partial charge in [0.05, 0.1) is 6.54 Å². The molecule has 1 heterocycles. The Morgan fingerprint density at radius 3 is 2.61 bits per heavy atom. The number of benzene rings is 1. The van der Waals surface area contributed by atoms with Crippen molar-refractivity contribution < 1.29 is 14.7 Å². The molecule has 1 aliphatic heterocycles. The number of carbonyl (C=O) groups is 2. The molecule has 1 unspecified atom stereocenters. The highest BCUT2D eigenvalue weighted by molar-refractivity contribution is 5.80. The molecule has 23 heavy (non-hydrogen) atoms. The summed E-state index contributed by atoms with van der Waals surface area (Å²) in [5.41, 5.74) is 2.51.